The van der Waals surface area contributed by atoms with Gasteiger partial charge in [0.15, 0.2) is 4.33 Å². The van der Waals surface area contributed by atoms with Crippen LogP contribution < -0.4 is 0 Å². The Bertz CT molecular complexity index is 213. The molecule has 0 spiro atoms. The maximum atomic E-state index is 10.9. The molecule has 0 aliphatic carbocycles. The maximum absolute atomic E-state index is 10.9. The summed E-state index contributed by atoms with van der Waals surface area (Å²) < 4.78 is 3.17. The van der Waals surface area contributed by atoms with E-state index in [1.807, 2.05) is 0 Å². The molecule has 0 aliphatic heterocycles. The van der Waals surface area contributed by atoms with Crippen LogP contribution in [0.2, 0.25) is 0 Å². The topological polar surface area (TPSA) is 26.3 Å². The molecule has 0 aliphatic rings. The Kier molecular flexibility index (Phi) is 5.45. The third kappa shape index (κ3) is 4.96. The summed E-state index contributed by atoms with van der Waals surface area (Å²) in [5.41, 5.74) is 0.254. The lowest BCUT2D eigenvalue weighted by Gasteiger charge is -2.19. The van der Waals surface area contributed by atoms with Crippen molar-refractivity contribution in [3.8, 4) is 0 Å². The fourth-order valence-electron chi connectivity index (χ4n) is 0.348. The number of esters is 1. The van der Waals surface area contributed by atoms with Crippen LogP contribution in [-0.4, -0.2) is 21.7 Å². The lowest BCUT2D eigenvalue weighted by Crippen LogP contribution is -2.30. The van der Waals surface area contributed by atoms with E-state index in [0.29, 0.717) is 0 Å². The van der Waals surface area contributed by atoms with Crippen molar-refractivity contribution in [2.45, 2.75) is 16.1 Å². The van der Waals surface area contributed by atoms with Crippen LogP contribution >= 0.6 is 46.4 Å². The summed E-state index contributed by atoms with van der Waals surface area (Å²) in [6, 6.07) is 0. The van der Waals surface area contributed by atoms with Gasteiger partial charge >= 0.3 is 5.97 Å². The molecule has 0 atom stereocenters. The van der Waals surface area contributed by atoms with Gasteiger partial charge in [0.1, 0.15) is 11.4 Å². The van der Waals surface area contributed by atoms with Crippen LogP contribution in [0, 0.1) is 0 Å². The molecule has 76 valence electrons. The first kappa shape index (κ1) is 13.4. The van der Waals surface area contributed by atoms with E-state index in [0.717, 1.165) is 0 Å². The molecule has 2 nitrogen and oxygen atoms in total. The number of hydrogen-bond donors (Lipinski definition) is 0. The Morgan fingerprint density at radius 1 is 1.54 bits per heavy atom. The van der Waals surface area contributed by atoms with Gasteiger partial charge in [-0.25, -0.2) is 4.79 Å². The normalized spacial score (nSPS) is 11.5. The van der Waals surface area contributed by atoms with Gasteiger partial charge in [0.05, 0.1) is 0 Å². The molecule has 0 N–H and O–H groups in total. The van der Waals surface area contributed by atoms with Crippen molar-refractivity contribution >= 4 is 52.4 Å². The third-order valence-electron chi connectivity index (χ3n) is 1.06. The first-order chi connectivity index (χ1) is 5.77. The lowest BCUT2D eigenvalue weighted by atomic mass is 10.4. The summed E-state index contributed by atoms with van der Waals surface area (Å²) in [6.07, 6.45) is 0. The SMILES string of the molecule is C=C(C)C(=O)OCC(Cl)(Cl)C(Cl)Cl. The molecule has 0 unspecified atom stereocenters. The second kappa shape index (κ2) is 5.30. The maximum Gasteiger partial charge on any atom is 0.333 e. The second-order valence-electron chi connectivity index (χ2n) is 2.42. The minimum Gasteiger partial charge on any atom is -0.459 e. The molecule has 6 heteroatoms. The van der Waals surface area contributed by atoms with E-state index in [9.17, 15) is 4.79 Å². The highest BCUT2D eigenvalue weighted by atomic mass is 35.5. The second-order valence-corrected chi connectivity index (χ2v) is 5.06. The van der Waals surface area contributed by atoms with Crippen LogP contribution in [0.3, 0.4) is 0 Å². The molecule has 0 saturated carbocycles. The van der Waals surface area contributed by atoms with Crippen molar-refractivity contribution in [1.82, 2.24) is 0 Å². The van der Waals surface area contributed by atoms with Crippen molar-refractivity contribution in [2.24, 2.45) is 0 Å². The zero-order valence-electron chi connectivity index (χ0n) is 6.82. The molecule has 0 bridgehead atoms. The number of hydrogen-bond acceptors (Lipinski definition) is 2. The molecule has 0 amide bonds. The van der Waals surface area contributed by atoms with Gasteiger partial charge in [-0.05, 0) is 6.92 Å². The molecule has 0 aromatic carbocycles. The summed E-state index contributed by atoms with van der Waals surface area (Å²) in [7, 11) is 0. The van der Waals surface area contributed by atoms with E-state index in [1.54, 1.807) is 0 Å². The Morgan fingerprint density at radius 2 is 2.00 bits per heavy atom. The van der Waals surface area contributed by atoms with Gasteiger partial charge in [-0.2, -0.15) is 0 Å². The molecule has 0 saturated heterocycles. The Balaban J connectivity index is 4.02. The van der Waals surface area contributed by atoms with Crippen LogP contribution in [0.15, 0.2) is 12.2 Å². The zero-order chi connectivity index (χ0) is 10.6. The van der Waals surface area contributed by atoms with Crippen LogP contribution in [0.25, 0.3) is 0 Å². The number of halogens is 4. The highest BCUT2D eigenvalue weighted by Gasteiger charge is 2.34. The van der Waals surface area contributed by atoms with Crippen molar-refractivity contribution in [3.05, 3.63) is 12.2 Å². The molecule has 0 heterocycles. The van der Waals surface area contributed by atoms with Crippen LogP contribution in [0.4, 0.5) is 0 Å². The molecule has 13 heavy (non-hydrogen) atoms. The minimum atomic E-state index is -1.49. The first-order valence-electron chi connectivity index (χ1n) is 3.26. The van der Waals surface area contributed by atoms with Crippen LogP contribution in [0.5, 0.6) is 0 Å². The van der Waals surface area contributed by atoms with Crippen LogP contribution in [0.1, 0.15) is 6.92 Å². The Hall–Kier alpha value is 0.370. The fraction of sp³-hybridized carbons (Fsp3) is 0.571. The standard InChI is InChI=1S/C7H8Cl4O2/c1-4(2)5(12)13-3-7(10,11)6(8)9/h6H,1,3H2,2H3. The average molecular weight is 266 g/mol. The largest absolute Gasteiger partial charge is 0.459 e. The highest BCUT2D eigenvalue weighted by Crippen LogP contribution is 2.32. The van der Waals surface area contributed by atoms with Gasteiger partial charge < -0.3 is 4.74 Å². The lowest BCUT2D eigenvalue weighted by molar-refractivity contribution is -0.139. The molecule has 0 fully saturated rings. The third-order valence-corrected chi connectivity index (χ3v) is 2.91. The molecule has 0 aromatic heterocycles. The fourth-order valence-corrected chi connectivity index (χ4v) is 0.583. The number of carbonyl (C=O) groups excluding carboxylic acids is 1. The van der Waals surface area contributed by atoms with Gasteiger partial charge in [0.2, 0.25) is 0 Å². The molecular weight excluding hydrogens is 258 g/mol. The van der Waals surface area contributed by atoms with E-state index in [-0.39, 0.29) is 12.2 Å². The van der Waals surface area contributed by atoms with Gasteiger partial charge in [-0.15, -0.1) is 23.2 Å². The van der Waals surface area contributed by atoms with Crippen molar-refractivity contribution < 1.29 is 9.53 Å². The van der Waals surface area contributed by atoms with Crippen molar-refractivity contribution in [3.63, 3.8) is 0 Å². The van der Waals surface area contributed by atoms with Crippen molar-refractivity contribution in [2.75, 3.05) is 6.61 Å². The minimum absolute atomic E-state index is 0.254. The first-order valence-corrected chi connectivity index (χ1v) is 4.89. The monoisotopic (exact) mass is 264 g/mol. The highest BCUT2D eigenvalue weighted by molar-refractivity contribution is 6.59. The quantitative estimate of drug-likeness (QED) is 0.444. The number of rotatable bonds is 4. The van der Waals surface area contributed by atoms with Crippen molar-refractivity contribution in [1.29, 1.82) is 0 Å². The van der Waals surface area contributed by atoms with E-state index in [2.05, 4.69) is 11.3 Å². The van der Waals surface area contributed by atoms with E-state index >= 15 is 0 Å². The number of alkyl halides is 4. The average Bonchev–Trinajstić information content (AvgIpc) is 1.99. The smallest absolute Gasteiger partial charge is 0.333 e. The molecular formula is C7H8Cl4O2. The predicted octanol–water partition coefficient (Wildman–Crippen LogP) is 3.08. The van der Waals surface area contributed by atoms with Gasteiger partial charge in [0.25, 0.3) is 0 Å². The summed E-state index contributed by atoms with van der Waals surface area (Å²) in [6.45, 7) is 4.60. The number of carbonyl (C=O) groups is 1. The van der Waals surface area contributed by atoms with Crippen LogP contribution in [-0.2, 0) is 9.53 Å². The zero-order valence-corrected chi connectivity index (χ0v) is 9.84. The van der Waals surface area contributed by atoms with E-state index in [1.165, 1.54) is 6.92 Å². The van der Waals surface area contributed by atoms with E-state index < -0.39 is 15.1 Å². The summed E-state index contributed by atoms with van der Waals surface area (Å²) >= 11 is 22.1. The summed E-state index contributed by atoms with van der Waals surface area (Å²) in [4.78, 5) is 9.85. The summed E-state index contributed by atoms with van der Waals surface area (Å²) in [5.74, 6) is -0.584. The molecule has 0 rings (SSSR count). The van der Waals surface area contributed by atoms with Gasteiger partial charge in [0, 0.05) is 5.57 Å². The molecule has 0 radical (unpaired) electrons. The Labute approximate surface area is 96.7 Å². The Morgan fingerprint density at radius 3 is 2.31 bits per heavy atom. The predicted molar refractivity (Wildman–Crippen MR) is 55.7 cm³/mol. The number of ether oxygens (including phenoxy) is 1. The molecule has 0 aromatic rings. The van der Waals surface area contributed by atoms with E-state index in [4.69, 9.17) is 46.4 Å². The van der Waals surface area contributed by atoms with Gasteiger partial charge in [-0.1, -0.05) is 29.8 Å². The van der Waals surface area contributed by atoms with Gasteiger partial charge in [-0.3, -0.25) is 0 Å². The summed E-state index contributed by atoms with van der Waals surface area (Å²) in [5, 5.41) is 0.